The molecule has 3 fully saturated rings. The average Bonchev–Trinajstić information content (AvgIpc) is 3.35. The Bertz CT molecular complexity index is 675. The summed E-state index contributed by atoms with van der Waals surface area (Å²) < 4.78 is 5.91. The zero-order valence-corrected chi connectivity index (χ0v) is 19.7. The summed E-state index contributed by atoms with van der Waals surface area (Å²) in [5.74, 6) is 1.21. The number of esters is 1. The lowest BCUT2D eigenvalue weighted by Crippen LogP contribution is -2.45. The first-order chi connectivity index (χ1) is 15.8. The third-order valence-corrected chi connectivity index (χ3v) is 7.73. The Labute approximate surface area is 194 Å². The largest absolute Gasteiger partial charge is 0.461 e. The molecule has 1 atom stereocenters. The summed E-state index contributed by atoms with van der Waals surface area (Å²) in [5.41, 5.74) is 2.56. The zero-order chi connectivity index (χ0) is 22.0. The lowest BCUT2D eigenvalue weighted by molar-refractivity contribution is -0.153. The average molecular weight is 442 g/mol. The van der Waals surface area contributed by atoms with Crippen LogP contribution in [0.25, 0.3) is 0 Å². The molecule has 0 bridgehead atoms. The van der Waals surface area contributed by atoms with E-state index in [0.717, 1.165) is 64.3 Å². The van der Waals surface area contributed by atoms with E-state index in [4.69, 9.17) is 4.74 Å². The lowest BCUT2D eigenvalue weighted by atomic mass is 9.83. The number of nitrogens with one attached hydrogen (secondary N) is 3. The molecule has 0 aromatic heterocycles. The van der Waals surface area contributed by atoms with Crippen LogP contribution in [0.2, 0.25) is 0 Å². The first-order valence-electron chi connectivity index (χ1n) is 13.2. The molecule has 0 amide bonds. The lowest BCUT2D eigenvalue weighted by Gasteiger charge is -2.30. The van der Waals surface area contributed by atoms with Gasteiger partial charge in [-0.1, -0.05) is 43.5 Å². The molecule has 1 unspecified atom stereocenters. The fourth-order valence-corrected chi connectivity index (χ4v) is 5.66. The van der Waals surface area contributed by atoms with Crippen molar-refractivity contribution in [2.75, 3.05) is 19.6 Å². The second kappa shape index (κ2) is 12.7. The molecule has 32 heavy (non-hydrogen) atoms. The van der Waals surface area contributed by atoms with E-state index >= 15 is 0 Å². The molecule has 5 heteroatoms. The van der Waals surface area contributed by atoms with Crippen LogP contribution in [0, 0.1) is 11.8 Å². The molecule has 5 nitrogen and oxygen atoms in total. The van der Waals surface area contributed by atoms with E-state index < -0.39 is 0 Å². The van der Waals surface area contributed by atoms with E-state index in [1.807, 2.05) is 0 Å². The molecule has 1 aliphatic heterocycles. The van der Waals surface area contributed by atoms with Crippen LogP contribution in [-0.2, 0) is 22.6 Å². The molecule has 1 aromatic rings. The predicted molar refractivity (Wildman–Crippen MR) is 129 cm³/mol. The van der Waals surface area contributed by atoms with Crippen molar-refractivity contribution in [1.29, 1.82) is 0 Å². The van der Waals surface area contributed by atoms with Gasteiger partial charge < -0.3 is 20.7 Å². The van der Waals surface area contributed by atoms with E-state index in [1.165, 1.54) is 56.1 Å². The van der Waals surface area contributed by atoms with E-state index in [2.05, 4.69) is 40.2 Å². The van der Waals surface area contributed by atoms with Gasteiger partial charge in [0, 0.05) is 13.1 Å². The molecule has 0 radical (unpaired) electrons. The van der Waals surface area contributed by atoms with Crippen molar-refractivity contribution in [2.45, 2.75) is 95.9 Å². The molecular weight excluding hydrogens is 398 g/mol. The van der Waals surface area contributed by atoms with Crippen LogP contribution in [0.15, 0.2) is 24.3 Å². The molecular formula is C27H43N3O2. The third-order valence-electron chi connectivity index (χ3n) is 7.73. The highest BCUT2D eigenvalue weighted by Crippen LogP contribution is 2.29. The van der Waals surface area contributed by atoms with Gasteiger partial charge in [-0.2, -0.15) is 0 Å². The SMILES string of the molecule is O=C(OC1CCCC1)C(NCc1ccc(CNCC2CCNCC2)cc1)C1CCCCC1. The zero-order valence-electron chi connectivity index (χ0n) is 19.7. The van der Waals surface area contributed by atoms with Gasteiger partial charge in [0.1, 0.15) is 12.1 Å². The number of benzene rings is 1. The van der Waals surface area contributed by atoms with Crippen molar-refractivity contribution < 1.29 is 9.53 Å². The van der Waals surface area contributed by atoms with Crippen molar-refractivity contribution in [2.24, 2.45) is 11.8 Å². The molecule has 1 saturated heterocycles. The molecule has 2 saturated carbocycles. The quantitative estimate of drug-likeness (QED) is 0.473. The van der Waals surface area contributed by atoms with E-state index in [-0.39, 0.29) is 18.1 Å². The summed E-state index contributed by atoms with van der Waals surface area (Å²) in [6, 6.07) is 8.68. The van der Waals surface area contributed by atoms with Gasteiger partial charge >= 0.3 is 5.97 Å². The van der Waals surface area contributed by atoms with Gasteiger partial charge in [0.25, 0.3) is 0 Å². The van der Waals surface area contributed by atoms with Gasteiger partial charge in [-0.3, -0.25) is 4.79 Å². The summed E-state index contributed by atoms with van der Waals surface area (Å²) >= 11 is 0. The second-order valence-electron chi connectivity index (χ2n) is 10.2. The molecule has 4 rings (SSSR count). The summed E-state index contributed by atoms with van der Waals surface area (Å²) in [6.45, 7) is 5.07. The third kappa shape index (κ3) is 7.29. The van der Waals surface area contributed by atoms with Crippen LogP contribution in [0.3, 0.4) is 0 Å². The van der Waals surface area contributed by atoms with Crippen LogP contribution in [0.5, 0.6) is 0 Å². The first kappa shape index (κ1) is 23.7. The summed E-state index contributed by atoms with van der Waals surface area (Å²) in [5, 5.41) is 10.6. The smallest absolute Gasteiger partial charge is 0.323 e. The number of hydrogen-bond acceptors (Lipinski definition) is 5. The maximum absolute atomic E-state index is 13.0. The summed E-state index contributed by atoms with van der Waals surface area (Å²) in [6.07, 6.45) is 13.2. The molecule has 3 N–H and O–H groups in total. The van der Waals surface area contributed by atoms with E-state index in [9.17, 15) is 4.79 Å². The minimum absolute atomic E-state index is 0.0115. The number of carbonyl (C=O) groups excluding carboxylic acids is 1. The van der Waals surface area contributed by atoms with Gasteiger partial charge in [0.05, 0.1) is 0 Å². The van der Waals surface area contributed by atoms with Crippen LogP contribution < -0.4 is 16.0 Å². The minimum atomic E-state index is -0.165. The highest BCUT2D eigenvalue weighted by atomic mass is 16.5. The fraction of sp³-hybridized carbons (Fsp3) is 0.741. The maximum atomic E-state index is 13.0. The number of ether oxygens (including phenoxy) is 1. The standard InChI is InChI=1S/C27H43N3O2/c31-27(32-25-8-4-5-9-25)26(24-6-2-1-3-7-24)30-20-22-12-10-21(11-13-22)18-29-19-23-14-16-28-17-15-23/h10-13,23-26,28-30H,1-9,14-20H2. The van der Waals surface area contributed by atoms with Gasteiger partial charge in [0.15, 0.2) is 0 Å². The Morgan fingerprint density at radius 2 is 1.50 bits per heavy atom. The first-order valence-corrected chi connectivity index (χ1v) is 13.2. The number of carbonyl (C=O) groups is 1. The van der Waals surface area contributed by atoms with Gasteiger partial charge in [-0.25, -0.2) is 0 Å². The van der Waals surface area contributed by atoms with Crippen LogP contribution in [0.4, 0.5) is 0 Å². The van der Waals surface area contributed by atoms with Crippen molar-refractivity contribution in [3.63, 3.8) is 0 Å². The van der Waals surface area contributed by atoms with Crippen molar-refractivity contribution in [3.05, 3.63) is 35.4 Å². The predicted octanol–water partition coefficient (Wildman–Crippen LogP) is 4.30. The van der Waals surface area contributed by atoms with E-state index in [0.29, 0.717) is 5.92 Å². The molecule has 2 aliphatic carbocycles. The molecule has 178 valence electrons. The monoisotopic (exact) mass is 441 g/mol. The normalized spacial score (nSPS) is 22.1. The number of hydrogen-bond donors (Lipinski definition) is 3. The fourth-order valence-electron chi connectivity index (χ4n) is 5.66. The Hall–Kier alpha value is -1.43. The second-order valence-corrected chi connectivity index (χ2v) is 10.2. The number of piperidine rings is 1. The van der Waals surface area contributed by atoms with Crippen molar-refractivity contribution >= 4 is 5.97 Å². The molecule has 0 spiro atoms. The topological polar surface area (TPSA) is 62.4 Å². The Morgan fingerprint density at radius 3 is 2.19 bits per heavy atom. The Kier molecular flexibility index (Phi) is 9.42. The van der Waals surface area contributed by atoms with E-state index in [1.54, 1.807) is 0 Å². The van der Waals surface area contributed by atoms with Gasteiger partial charge in [-0.15, -0.1) is 0 Å². The van der Waals surface area contributed by atoms with Crippen LogP contribution in [0.1, 0.15) is 81.8 Å². The minimum Gasteiger partial charge on any atom is -0.461 e. The Morgan fingerprint density at radius 1 is 0.875 bits per heavy atom. The van der Waals surface area contributed by atoms with Crippen molar-refractivity contribution in [3.8, 4) is 0 Å². The summed E-state index contributed by atoms with van der Waals surface area (Å²) in [4.78, 5) is 13.0. The summed E-state index contributed by atoms with van der Waals surface area (Å²) in [7, 11) is 0. The molecule has 3 aliphatic rings. The molecule has 1 aromatic carbocycles. The van der Waals surface area contributed by atoms with Gasteiger partial charge in [-0.05, 0) is 94.0 Å². The Balaban J connectivity index is 1.25. The number of rotatable bonds is 10. The highest BCUT2D eigenvalue weighted by Gasteiger charge is 2.32. The van der Waals surface area contributed by atoms with Crippen LogP contribution >= 0.6 is 0 Å². The molecule has 1 heterocycles. The van der Waals surface area contributed by atoms with Gasteiger partial charge in [0.2, 0.25) is 0 Å². The van der Waals surface area contributed by atoms with Crippen LogP contribution in [-0.4, -0.2) is 37.7 Å². The van der Waals surface area contributed by atoms with Crippen molar-refractivity contribution in [1.82, 2.24) is 16.0 Å². The maximum Gasteiger partial charge on any atom is 0.323 e. The highest BCUT2D eigenvalue weighted by molar-refractivity contribution is 5.76.